The average molecular weight is 373 g/mol. The maximum absolute atomic E-state index is 6.24. The van der Waals surface area contributed by atoms with Crippen LogP contribution in [0.2, 0.25) is 0 Å². The van der Waals surface area contributed by atoms with Crippen molar-refractivity contribution >= 4 is 0 Å². The summed E-state index contributed by atoms with van der Waals surface area (Å²) in [6, 6.07) is 4.14. The molecule has 1 N–H and O–H groups in total. The van der Waals surface area contributed by atoms with Gasteiger partial charge in [0.05, 0.1) is 19.8 Å². The number of allylic oxidation sites excluding steroid dienone is 1. The second-order valence-electron chi connectivity index (χ2n) is 7.68. The van der Waals surface area contributed by atoms with E-state index in [-0.39, 0.29) is 11.5 Å². The average Bonchev–Trinajstić information content (AvgIpc) is 2.85. The second-order valence-corrected chi connectivity index (χ2v) is 7.68. The van der Waals surface area contributed by atoms with Crippen molar-refractivity contribution in [3.8, 4) is 11.5 Å². The van der Waals surface area contributed by atoms with Gasteiger partial charge in [0.1, 0.15) is 18.2 Å². The summed E-state index contributed by atoms with van der Waals surface area (Å²) in [5.41, 5.74) is 3.86. The molecule has 0 aromatic heterocycles. The number of ether oxygens (including phenoxy) is 2. The number of rotatable bonds is 3. The van der Waals surface area contributed by atoms with Gasteiger partial charge in [0, 0.05) is 36.3 Å². The fourth-order valence-electron chi connectivity index (χ4n) is 5.00. The number of benzene rings is 1. The van der Waals surface area contributed by atoms with Crippen molar-refractivity contribution < 1.29 is 14.3 Å². The van der Waals surface area contributed by atoms with Gasteiger partial charge < -0.3 is 19.7 Å². The Bertz CT molecular complexity index is 728. The van der Waals surface area contributed by atoms with E-state index in [2.05, 4.69) is 41.3 Å². The van der Waals surface area contributed by atoms with Crippen molar-refractivity contribution in [1.82, 2.24) is 15.3 Å². The van der Waals surface area contributed by atoms with Crippen molar-refractivity contribution in [3.63, 3.8) is 0 Å². The molecule has 1 spiro atoms. The van der Waals surface area contributed by atoms with E-state index >= 15 is 0 Å². The first-order valence-corrected chi connectivity index (χ1v) is 9.96. The summed E-state index contributed by atoms with van der Waals surface area (Å²) < 4.78 is 11.3. The summed E-state index contributed by atoms with van der Waals surface area (Å²) in [5.74, 6) is 2.01. The Hall–Kier alpha value is -1.76. The molecule has 3 aliphatic heterocycles. The number of hydrogen-bond donors (Lipinski definition) is 1. The molecule has 0 saturated carbocycles. The van der Waals surface area contributed by atoms with Crippen LogP contribution < -0.4 is 14.8 Å². The zero-order chi connectivity index (χ0) is 19.0. The van der Waals surface area contributed by atoms with Gasteiger partial charge in [0.2, 0.25) is 0 Å². The zero-order valence-corrected chi connectivity index (χ0v) is 16.9. The molecule has 1 aromatic carbocycles. The highest BCUT2D eigenvalue weighted by atomic mass is 16.7. The van der Waals surface area contributed by atoms with E-state index in [4.69, 9.17) is 14.3 Å². The molecule has 3 heterocycles. The quantitative estimate of drug-likeness (QED) is 0.879. The van der Waals surface area contributed by atoms with E-state index < -0.39 is 0 Å². The minimum atomic E-state index is -0.0497. The lowest BCUT2D eigenvalue weighted by molar-refractivity contribution is -0.272. The molecular formula is C21H31N3O3. The fraction of sp³-hybridized carbons (Fsp3) is 0.619. The van der Waals surface area contributed by atoms with Crippen molar-refractivity contribution in [2.24, 2.45) is 0 Å². The second kappa shape index (κ2) is 7.34. The number of methoxy groups -OCH3 is 2. The summed E-state index contributed by atoms with van der Waals surface area (Å²) >= 11 is 0. The van der Waals surface area contributed by atoms with Gasteiger partial charge in [-0.2, -0.15) is 5.06 Å². The Balaban J connectivity index is 1.81. The summed E-state index contributed by atoms with van der Waals surface area (Å²) in [4.78, 5) is 8.64. The molecular weight excluding hydrogens is 342 g/mol. The lowest BCUT2D eigenvalue weighted by Gasteiger charge is -2.53. The summed E-state index contributed by atoms with van der Waals surface area (Å²) in [6.45, 7) is 8.77. The predicted octanol–water partition coefficient (Wildman–Crippen LogP) is 2.85. The molecule has 6 nitrogen and oxygen atoms in total. The van der Waals surface area contributed by atoms with Gasteiger partial charge in [0.25, 0.3) is 0 Å². The third-order valence-electron chi connectivity index (χ3n) is 6.26. The third kappa shape index (κ3) is 3.00. The molecule has 3 aliphatic rings. The molecule has 27 heavy (non-hydrogen) atoms. The van der Waals surface area contributed by atoms with Crippen molar-refractivity contribution in [1.29, 1.82) is 0 Å². The van der Waals surface area contributed by atoms with Gasteiger partial charge >= 0.3 is 0 Å². The molecule has 1 aromatic rings. The maximum atomic E-state index is 6.24. The van der Waals surface area contributed by atoms with Gasteiger partial charge in [-0.25, -0.2) is 0 Å². The molecule has 6 heteroatoms. The number of piperidine rings is 1. The summed E-state index contributed by atoms with van der Waals surface area (Å²) in [7, 11) is 3.45. The van der Waals surface area contributed by atoms with Crippen LogP contribution in [0.5, 0.6) is 11.5 Å². The molecule has 0 aliphatic carbocycles. The highest BCUT2D eigenvalue weighted by molar-refractivity contribution is 5.51. The van der Waals surface area contributed by atoms with Crippen LogP contribution in [0.25, 0.3) is 0 Å². The van der Waals surface area contributed by atoms with Crippen LogP contribution in [0.3, 0.4) is 0 Å². The molecule has 1 atom stereocenters. The smallest absolute Gasteiger partial charge is 0.140 e. The van der Waals surface area contributed by atoms with Gasteiger partial charge in [-0.15, -0.1) is 0 Å². The molecule has 0 bridgehead atoms. The number of fused-ring (bicyclic) bond motifs is 3. The van der Waals surface area contributed by atoms with Crippen LogP contribution in [0, 0.1) is 0 Å². The number of hydrogen-bond acceptors (Lipinski definition) is 6. The Morgan fingerprint density at radius 2 is 2.00 bits per heavy atom. The van der Waals surface area contributed by atoms with Crippen molar-refractivity contribution in [2.45, 2.75) is 44.7 Å². The van der Waals surface area contributed by atoms with E-state index in [9.17, 15) is 0 Å². The molecule has 0 radical (unpaired) electrons. The third-order valence-corrected chi connectivity index (χ3v) is 6.26. The Morgan fingerprint density at radius 3 is 2.67 bits per heavy atom. The fourth-order valence-corrected chi connectivity index (χ4v) is 5.00. The zero-order valence-electron chi connectivity index (χ0n) is 16.9. The van der Waals surface area contributed by atoms with Crippen LogP contribution in [-0.4, -0.2) is 56.1 Å². The van der Waals surface area contributed by atoms with E-state index in [1.165, 1.54) is 16.8 Å². The van der Waals surface area contributed by atoms with Crippen LogP contribution >= 0.6 is 0 Å². The SMILES string of the molecule is CCN1OCN2Cc3cc(OC)cc(OC)c3[C@@H](C)C=C2C12CCNCC2. The highest BCUT2D eigenvalue weighted by Crippen LogP contribution is 2.45. The predicted molar refractivity (Wildman–Crippen MR) is 105 cm³/mol. The molecule has 4 rings (SSSR count). The molecule has 148 valence electrons. The number of nitrogens with one attached hydrogen (secondary N) is 1. The first-order chi connectivity index (χ1) is 13.1. The van der Waals surface area contributed by atoms with E-state index in [0.717, 1.165) is 50.5 Å². The van der Waals surface area contributed by atoms with E-state index in [0.29, 0.717) is 6.73 Å². The normalized spacial score (nSPS) is 24.7. The Labute approximate surface area is 162 Å². The van der Waals surface area contributed by atoms with Gasteiger partial charge in [0.15, 0.2) is 0 Å². The minimum absolute atomic E-state index is 0.0497. The number of hydroxylamine groups is 2. The van der Waals surface area contributed by atoms with E-state index in [1.54, 1.807) is 14.2 Å². The van der Waals surface area contributed by atoms with Crippen LogP contribution in [0.15, 0.2) is 23.9 Å². The number of likely N-dealkylation sites (N-methyl/N-ethyl adjacent to an activating group) is 1. The van der Waals surface area contributed by atoms with Crippen LogP contribution in [0.1, 0.15) is 43.7 Å². The molecule has 0 amide bonds. The van der Waals surface area contributed by atoms with Gasteiger partial charge in [-0.3, -0.25) is 4.84 Å². The maximum Gasteiger partial charge on any atom is 0.140 e. The minimum Gasteiger partial charge on any atom is -0.497 e. The molecule has 2 fully saturated rings. The summed E-state index contributed by atoms with van der Waals surface area (Å²) in [6.07, 6.45) is 4.57. The topological polar surface area (TPSA) is 46.2 Å². The van der Waals surface area contributed by atoms with Crippen molar-refractivity contribution in [3.05, 3.63) is 35.0 Å². The van der Waals surface area contributed by atoms with E-state index in [1.807, 2.05) is 6.07 Å². The van der Waals surface area contributed by atoms with Crippen molar-refractivity contribution in [2.75, 3.05) is 40.6 Å². The Morgan fingerprint density at radius 1 is 1.22 bits per heavy atom. The standard InChI is InChI=1S/C21H31N3O3/c1-5-24-21(6-8-22-9-7-21)19-10-15(2)20-16(13-23(19)14-27-24)11-17(25-3)12-18(20)26-4/h10-12,15,22H,5-9,13-14H2,1-4H3/t15-/m0/s1. The van der Waals surface area contributed by atoms with Gasteiger partial charge in [-0.1, -0.05) is 19.9 Å². The first-order valence-electron chi connectivity index (χ1n) is 9.96. The first kappa shape index (κ1) is 18.6. The number of nitrogens with zero attached hydrogens (tertiary/aromatic N) is 2. The van der Waals surface area contributed by atoms with Crippen LogP contribution in [-0.2, 0) is 11.4 Å². The Kier molecular flexibility index (Phi) is 5.05. The lowest BCUT2D eigenvalue weighted by atomic mass is 9.81. The van der Waals surface area contributed by atoms with Crippen LogP contribution in [0.4, 0.5) is 0 Å². The molecule has 2 saturated heterocycles. The highest BCUT2D eigenvalue weighted by Gasteiger charge is 2.48. The molecule has 0 unspecified atom stereocenters. The summed E-state index contributed by atoms with van der Waals surface area (Å²) in [5, 5.41) is 5.73. The monoisotopic (exact) mass is 373 g/mol. The van der Waals surface area contributed by atoms with Gasteiger partial charge in [-0.05, 0) is 37.6 Å². The lowest BCUT2D eigenvalue weighted by Crippen LogP contribution is -2.62. The largest absolute Gasteiger partial charge is 0.497 e.